The summed E-state index contributed by atoms with van der Waals surface area (Å²) in [6, 6.07) is -0.178. The van der Waals surface area contributed by atoms with Gasteiger partial charge in [0.2, 0.25) is 11.1 Å². The normalized spacial score (nSPS) is 14.1. The van der Waals surface area contributed by atoms with Crippen molar-refractivity contribution < 1.29 is 14.3 Å². The van der Waals surface area contributed by atoms with Gasteiger partial charge in [-0.25, -0.2) is 9.48 Å². The van der Waals surface area contributed by atoms with Gasteiger partial charge in [0.1, 0.15) is 0 Å². The molecule has 1 fully saturated rings. The van der Waals surface area contributed by atoms with Gasteiger partial charge in [0.15, 0.2) is 0 Å². The number of thioether (sulfide) groups is 1. The number of carbonyl (C=O) groups excluding carboxylic acids is 2. The van der Waals surface area contributed by atoms with Crippen LogP contribution in [0.4, 0.5) is 4.79 Å². The average Bonchev–Trinajstić information content (AvgIpc) is 3.15. The second kappa shape index (κ2) is 7.20. The van der Waals surface area contributed by atoms with Gasteiger partial charge in [0.25, 0.3) is 0 Å². The van der Waals surface area contributed by atoms with E-state index in [1.807, 2.05) is 0 Å². The van der Waals surface area contributed by atoms with E-state index in [0.29, 0.717) is 24.3 Å². The van der Waals surface area contributed by atoms with Gasteiger partial charge >= 0.3 is 6.03 Å². The standard InChI is InChI=1S/C10H16N6O3S/c1-19-5-4-11-9(18)12-8(17)6-20-10-13-14-15-16(10)7-2-3-7/h7H,2-6H2,1H3,(H2,11,12,17,18). The van der Waals surface area contributed by atoms with Gasteiger partial charge in [-0.1, -0.05) is 11.8 Å². The van der Waals surface area contributed by atoms with E-state index in [1.165, 1.54) is 18.9 Å². The predicted molar refractivity (Wildman–Crippen MR) is 70.2 cm³/mol. The highest BCUT2D eigenvalue weighted by Crippen LogP contribution is 2.36. The maximum Gasteiger partial charge on any atom is 0.321 e. The number of aromatic nitrogens is 4. The molecule has 0 radical (unpaired) electrons. The summed E-state index contributed by atoms with van der Waals surface area (Å²) in [6.45, 7) is 0.745. The fourth-order valence-electron chi connectivity index (χ4n) is 1.43. The quantitative estimate of drug-likeness (QED) is 0.519. The molecule has 0 saturated heterocycles. The van der Waals surface area contributed by atoms with Crippen LogP contribution in [-0.2, 0) is 9.53 Å². The van der Waals surface area contributed by atoms with Gasteiger partial charge in [0, 0.05) is 13.7 Å². The van der Waals surface area contributed by atoms with Gasteiger partial charge in [-0.3, -0.25) is 10.1 Å². The molecule has 1 aliphatic carbocycles. The first-order chi connectivity index (χ1) is 9.70. The monoisotopic (exact) mass is 300 g/mol. The molecule has 0 spiro atoms. The Morgan fingerprint density at radius 1 is 1.50 bits per heavy atom. The second-order valence-corrected chi connectivity index (χ2v) is 5.17. The Morgan fingerprint density at radius 3 is 3.00 bits per heavy atom. The predicted octanol–water partition coefficient (Wildman–Crippen LogP) is -0.428. The molecule has 10 heteroatoms. The summed E-state index contributed by atoms with van der Waals surface area (Å²) < 4.78 is 6.50. The molecule has 0 aromatic carbocycles. The van der Waals surface area contributed by atoms with Gasteiger partial charge in [0.05, 0.1) is 18.4 Å². The van der Waals surface area contributed by atoms with E-state index >= 15 is 0 Å². The van der Waals surface area contributed by atoms with Gasteiger partial charge < -0.3 is 10.1 Å². The number of tetrazole rings is 1. The molecule has 0 bridgehead atoms. The van der Waals surface area contributed by atoms with E-state index in [4.69, 9.17) is 4.74 Å². The number of methoxy groups -OCH3 is 1. The maximum atomic E-state index is 11.6. The molecule has 3 amide bonds. The van der Waals surface area contributed by atoms with Crippen molar-refractivity contribution in [3.8, 4) is 0 Å². The fraction of sp³-hybridized carbons (Fsp3) is 0.700. The minimum Gasteiger partial charge on any atom is -0.383 e. The Kier molecular flexibility index (Phi) is 5.30. The lowest BCUT2D eigenvalue weighted by Crippen LogP contribution is -2.41. The number of rotatable bonds is 7. The lowest BCUT2D eigenvalue weighted by molar-refractivity contribution is -0.117. The average molecular weight is 300 g/mol. The number of nitrogens with one attached hydrogen (secondary N) is 2. The number of urea groups is 1. The zero-order chi connectivity index (χ0) is 14.4. The minimum absolute atomic E-state index is 0.0881. The van der Waals surface area contributed by atoms with Crippen LogP contribution in [0, 0.1) is 0 Å². The molecule has 2 N–H and O–H groups in total. The summed E-state index contributed by atoms with van der Waals surface area (Å²) >= 11 is 1.21. The topological polar surface area (TPSA) is 111 Å². The smallest absolute Gasteiger partial charge is 0.321 e. The number of hydrogen-bond donors (Lipinski definition) is 2. The molecule has 0 atom stereocenters. The third kappa shape index (κ3) is 4.46. The van der Waals surface area contributed by atoms with Crippen LogP contribution in [0.3, 0.4) is 0 Å². The first-order valence-corrected chi connectivity index (χ1v) is 7.16. The molecule has 110 valence electrons. The summed E-state index contributed by atoms with van der Waals surface area (Å²) in [5.74, 6) is -0.305. The highest BCUT2D eigenvalue weighted by atomic mass is 32.2. The Hall–Kier alpha value is -1.68. The molecular weight excluding hydrogens is 284 g/mol. The van der Waals surface area contributed by atoms with E-state index in [0.717, 1.165) is 12.8 Å². The molecular formula is C10H16N6O3S. The molecule has 0 unspecified atom stereocenters. The number of imide groups is 1. The van der Waals surface area contributed by atoms with Gasteiger partial charge in [-0.2, -0.15) is 0 Å². The maximum absolute atomic E-state index is 11.6. The van der Waals surface area contributed by atoms with E-state index in [1.54, 1.807) is 4.68 Å². The molecule has 0 aliphatic heterocycles. The Balaban J connectivity index is 1.69. The van der Waals surface area contributed by atoms with Crippen LogP contribution < -0.4 is 10.6 Å². The molecule has 2 rings (SSSR count). The molecule has 1 aromatic rings. The summed E-state index contributed by atoms with van der Waals surface area (Å²) in [5.41, 5.74) is 0. The number of ether oxygens (including phenoxy) is 1. The SMILES string of the molecule is COCCNC(=O)NC(=O)CSc1nnnn1C1CC1. The number of hydrogen-bond acceptors (Lipinski definition) is 7. The highest BCUT2D eigenvalue weighted by molar-refractivity contribution is 7.99. The van der Waals surface area contributed by atoms with Crippen molar-refractivity contribution in [1.82, 2.24) is 30.8 Å². The van der Waals surface area contributed by atoms with Crippen LogP contribution in [0.15, 0.2) is 5.16 Å². The Bertz CT molecular complexity index is 475. The van der Waals surface area contributed by atoms with E-state index in [9.17, 15) is 9.59 Å². The number of amides is 3. The third-order valence-corrected chi connectivity index (χ3v) is 3.47. The first kappa shape index (κ1) is 14.7. The molecule has 9 nitrogen and oxygen atoms in total. The fourth-order valence-corrected chi connectivity index (χ4v) is 2.18. The molecule has 1 aliphatic rings. The largest absolute Gasteiger partial charge is 0.383 e. The molecule has 1 saturated carbocycles. The summed E-state index contributed by atoms with van der Waals surface area (Å²) in [6.07, 6.45) is 2.12. The van der Waals surface area contributed by atoms with Crippen LogP contribution >= 0.6 is 11.8 Å². The summed E-state index contributed by atoms with van der Waals surface area (Å²) in [5, 5.41) is 16.6. The lowest BCUT2D eigenvalue weighted by atomic mass is 10.6. The minimum atomic E-state index is -0.533. The second-order valence-electron chi connectivity index (χ2n) is 4.22. The molecule has 1 heterocycles. The molecule has 20 heavy (non-hydrogen) atoms. The highest BCUT2D eigenvalue weighted by Gasteiger charge is 2.28. The van der Waals surface area contributed by atoms with Crippen LogP contribution in [0.2, 0.25) is 0 Å². The zero-order valence-electron chi connectivity index (χ0n) is 11.0. The van der Waals surface area contributed by atoms with Gasteiger partial charge in [-0.15, -0.1) is 5.10 Å². The van der Waals surface area contributed by atoms with Gasteiger partial charge in [-0.05, 0) is 23.3 Å². The lowest BCUT2D eigenvalue weighted by Gasteiger charge is -2.06. The van der Waals surface area contributed by atoms with Crippen molar-refractivity contribution in [3.05, 3.63) is 0 Å². The zero-order valence-corrected chi connectivity index (χ0v) is 11.9. The Labute approximate surface area is 119 Å². The summed E-state index contributed by atoms with van der Waals surface area (Å²) in [7, 11) is 1.53. The van der Waals surface area contributed by atoms with E-state index in [-0.39, 0.29) is 5.75 Å². The van der Waals surface area contributed by atoms with Crippen molar-refractivity contribution >= 4 is 23.7 Å². The van der Waals surface area contributed by atoms with Crippen molar-refractivity contribution in [1.29, 1.82) is 0 Å². The number of carbonyl (C=O) groups is 2. The summed E-state index contributed by atoms with van der Waals surface area (Å²) in [4.78, 5) is 22.9. The first-order valence-electron chi connectivity index (χ1n) is 6.18. The Morgan fingerprint density at radius 2 is 2.30 bits per heavy atom. The van der Waals surface area contributed by atoms with Crippen LogP contribution in [-0.4, -0.2) is 58.2 Å². The molecule has 1 aromatic heterocycles. The van der Waals surface area contributed by atoms with Crippen LogP contribution in [0.25, 0.3) is 0 Å². The van der Waals surface area contributed by atoms with Crippen LogP contribution in [0.5, 0.6) is 0 Å². The van der Waals surface area contributed by atoms with Crippen LogP contribution in [0.1, 0.15) is 18.9 Å². The number of nitrogens with zero attached hydrogens (tertiary/aromatic N) is 4. The van der Waals surface area contributed by atoms with E-state index < -0.39 is 11.9 Å². The van der Waals surface area contributed by atoms with Crippen molar-refractivity contribution in [3.63, 3.8) is 0 Å². The van der Waals surface area contributed by atoms with Crippen molar-refractivity contribution in [2.24, 2.45) is 0 Å². The third-order valence-electron chi connectivity index (χ3n) is 2.53. The van der Waals surface area contributed by atoms with E-state index in [2.05, 4.69) is 26.2 Å². The van der Waals surface area contributed by atoms with Crippen molar-refractivity contribution in [2.75, 3.05) is 26.0 Å². The van der Waals surface area contributed by atoms with Crippen molar-refractivity contribution in [2.45, 2.75) is 24.0 Å².